The first kappa shape index (κ1) is 18.0. The molecule has 1 heterocycles. The Morgan fingerprint density at radius 1 is 1.13 bits per heavy atom. The van der Waals surface area contributed by atoms with Crippen molar-refractivity contribution in [1.82, 2.24) is 0 Å². The van der Waals surface area contributed by atoms with Crippen LogP contribution in [-0.4, -0.2) is 39.9 Å². The van der Waals surface area contributed by atoms with E-state index in [4.69, 9.17) is 0 Å². The Kier molecular flexibility index (Phi) is 4.64. The lowest BCUT2D eigenvalue weighted by Gasteiger charge is -2.25. The van der Waals surface area contributed by atoms with Crippen molar-refractivity contribution < 1.29 is 34.4 Å². The van der Waals surface area contributed by atoms with E-state index in [2.05, 4.69) is 5.32 Å². The standard InChI is InChI=1S/C12H13F4NO4S2/c13-8-1-2-10(11(7-8)23(20,21)12(14,15)16)17-9-3-5-22(18,19)6-4-9/h1-2,7,9,17H,3-6H2. The van der Waals surface area contributed by atoms with Gasteiger partial charge in [-0.3, -0.25) is 0 Å². The fourth-order valence-corrected chi connectivity index (χ4v) is 4.64. The zero-order valence-corrected chi connectivity index (χ0v) is 13.2. The minimum atomic E-state index is -5.72. The van der Waals surface area contributed by atoms with Crippen LogP contribution in [-0.2, 0) is 19.7 Å². The molecule has 0 radical (unpaired) electrons. The minimum Gasteiger partial charge on any atom is -0.381 e. The summed E-state index contributed by atoms with van der Waals surface area (Å²) in [5.41, 5.74) is -5.96. The second-order valence-corrected chi connectivity index (χ2v) is 9.37. The summed E-state index contributed by atoms with van der Waals surface area (Å²) in [6.45, 7) is 0. The quantitative estimate of drug-likeness (QED) is 0.819. The van der Waals surface area contributed by atoms with Gasteiger partial charge >= 0.3 is 5.51 Å². The zero-order chi connectivity index (χ0) is 17.5. The van der Waals surface area contributed by atoms with E-state index in [9.17, 15) is 34.4 Å². The Labute approximate surface area is 130 Å². The first-order valence-electron chi connectivity index (χ1n) is 6.50. The second-order valence-electron chi connectivity index (χ2n) is 5.16. The van der Waals surface area contributed by atoms with E-state index in [1.165, 1.54) is 0 Å². The van der Waals surface area contributed by atoms with Crippen LogP contribution in [0, 0.1) is 5.82 Å². The summed E-state index contributed by atoms with van der Waals surface area (Å²) in [7, 11) is -8.90. The van der Waals surface area contributed by atoms with E-state index in [1.54, 1.807) is 0 Å². The predicted octanol–water partition coefficient (Wildman–Crippen LogP) is 2.11. The molecule has 0 aliphatic carbocycles. The molecule has 11 heteroatoms. The van der Waals surface area contributed by atoms with Gasteiger partial charge in [-0.15, -0.1) is 0 Å². The van der Waals surface area contributed by atoms with Gasteiger partial charge in [0.2, 0.25) is 0 Å². The summed E-state index contributed by atoms with van der Waals surface area (Å²) in [6, 6.07) is 1.52. The third-order valence-corrected chi connectivity index (χ3v) is 6.69. The van der Waals surface area contributed by atoms with E-state index in [0.717, 1.165) is 12.1 Å². The maximum atomic E-state index is 13.2. The fraction of sp³-hybridized carbons (Fsp3) is 0.500. The zero-order valence-electron chi connectivity index (χ0n) is 11.6. The van der Waals surface area contributed by atoms with Crippen LogP contribution >= 0.6 is 0 Å². The Hall–Kier alpha value is -1.36. The van der Waals surface area contributed by atoms with Gasteiger partial charge in [-0.1, -0.05) is 0 Å². The highest BCUT2D eigenvalue weighted by Crippen LogP contribution is 2.35. The smallest absolute Gasteiger partial charge is 0.381 e. The third-order valence-electron chi connectivity index (χ3n) is 3.45. The maximum absolute atomic E-state index is 13.2. The van der Waals surface area contributed by atoms with Crippen molar-refractivity contribution in [1.29, 1.82) is 0 Å². The van der Waals surface area contributed by atoms with Gasteiger partial charge in [0.1, 0.15) is 20.5 Å². The lowest BCUT2D eigenvalue weighted by Crippen LogP contribution is -2.33. The van der Waals surface area contributed by atoms with Crippen LogP contribution in [0.4, 0.5) is 23.2 Å². The molecular formula is C12H13F4NO4S2. The minimum absolute atomic E-state index is 0.130. The number of alkyl halides is 3. The Balaban J connectivity index is 2.34. The van der Waals surface area contributed by atoms with Crippen LogP contribution in [0.2, 0.25) is 0 Å². The molecule has 1 saturated heterocycles. The molecule has 1 N–H and O–H groups in total. The van der Waals surface area contributed by atoms with E-state index < -0.39 is 47.6 Å². The van der Waals surface area contributed by atoms with Crippen molar-refractivity contribution in [2.45, 2.75) is 29.3 Å². The van der Waals surface area contributed by atoms with Gasteiger partial charge in [-0.25, -0.2) is 21.2 Å². The molecule has 1 aliphatic rings. The number of hydrogen-bond donors (Lipinski definition) is 1. The molecule has 0 aromatic heterocycles. The van der Waals surface area contributed by atoms with Crippen LogP contribution < -0.4 is 5.32 Å². The molecule has 2 rings (SSSR count). The largest absolute Gasteiger partial charge is 0.501 e. The van der Waals surface area contributed by atoms with E-state index in [-0.39, 0.29) is 24.3 Å². The van der Waals surface area contributed by atoms with Crippen molar-refractivity contribution in [3.8, 4) is 0 Å². The monoisotopic (exact) mass is 375 g/mol. The van der Waals surface area contributed by atoms with E-state index in [1.807, 2.05) is 0 Å². The van der Waals surface area contributed by atoms with Gasteiger partial charge in [0.05, 0.1) is 17.2 Å². The lowest BCUT2D eigenvalue weighted by atomic mass is 10.1. The number of rotatable bonds is 3. The molecule has 1 aliphatic heterocycles. The second kappa shape index (κ2) is 5.93. The van der Waals surface area contributed by atoms with Gasteiger partial charge < -0.3 is 5.32 Å². The summed E-state index contributed by atoms with van der Waals surface area (Å²) in [6.07, 6.45) is 0.260. The van der Waals surface area contributed by atoms with Crippen molar-refractivity contribution >= 4 is 25.4 Å². The van der Waals surface area contributed by atoms with E-state index >= 15 is 0 Å². The Bertz CT molecular complexity index is 789. The number of hydrogen-bond acceptors (Lipinski definition) is 5. The SMILES string of the molecule is O=S1(=O)CCC(Nc2ccc(F)cc2S(=O)(=O)C(F)(F)F)CC1. The van der Waals surface area contributed by atoms with E-state index in [0.29, 0.717) is 6.07 Å². The fourth-order valence-electron chi connectivity index (χ4n) is 2.22. The predicted molar refractivity (Wildman–Crippen MR) is 74.9 cm³/mol. The van der Waals surface area contributed by atoms with Crippen molar-refractivity contribution in [3.05, 3.63) is 24.0 Å². The van der Waals surface area contributed by atoms with Gasteiger partial charge in [0.15, 0.2) is 0 Å². The highest BCUT2D eigenvalue weighted by Gasteiger charge is 2.48. The van der Waals surface area contributed by atoms with Crippen LogP contribution in [0.15, 0.2) is 23.1 Å². The highest BCUT2D eigenvalue weighted by molar-refractivity contribution is 7.92. The van der Waals surface area contributed by atoms with Gasteiger partial charge in [-0.2, -0.15) is 13.2 Å². The van der Waals surface area contributed by atoms with Gasteiger partial charge in [0.25, 0.3) is 9.84 Å². The number of halogens is 4. The molecule has 1 aromatic rings. The van der Waals surface area contributed by atoms with Crippen molar-refractivity contribution in [3.63, 3.8) is 0 Å². The molecule has 1 aromatic carbocycles. The van der Waals surface area contributed by atoms with Crippen LogP contribution in [0.5, 0.6) is 0 Å². The first-order chi connectivity index (χ1) is 10.4. The molecule has 130 valence electrons. The third kappa shape index (κ3) is 3.94. The average Bonchev–Trinajstić information content (AvgIpc) is 2.41. The Morgan fingerprint density at radius 3 is 2.22 bits per heavy atom. The molecule has 23 heavy (non-hydrogen) atoms. The van der Waals surface area contributed by atoms with Crippen molar-refractivity contribution in [2.75, 3.05) is 16.8 Å². The lowest BCUT2D eigenvalue weighted by molar-refractivity contribution is -0.0435. The molecule has 1 fully saturated rings. The molecule has 0 amide bonds. The normalized spacial score (nSPS) is 19.5. The van der Waals surface area contributed by atoms with Crippen LogP contribution in [0.25, 0.3) is 0 Å². The van der Waals surface area contributed by atoms with Crippen LogP contribution in [0.3, 0.4) is 0 Å². The molecular weight excluding hydrogens is 362 g/mol. The molecule has 0 bridgehead atoms. The maximum Gasteiger partial charge on any atom is 0.501 e. The number of sulfone groups is 2. The Morgan fingerprint density at radius 2 is 1.70 bits per heavy atom. The summed E-state index contributed by atoms with van der Waals surface area (Å²) in [4.78, 5) is -1.21. The van der Waals surface area contributed by atoms with Gasteiger partial charge in [0, 0.05) is 6.04 Å². The summed E-state index contributed by atoms with van der Waals surface area (Å²) in [5.74, 6) is -1.41. The molecule has 0 atom stereocenters. The summed E-state index contributed by atoms with van der Waals surface area (Å²) >= 11 is 0. The number of benzene rings is 1. The highest BCUT2D eigenvalue weighted by atomic mass is 32.2. The van der Waals surface area contributed by atoms with Crippen LogP contribution in [0.1, 0.15) is 12.8 Å². The number of nitrogens with one attached hydrogen (secondary N) is 1. The molecule has 0 saturated carbocycles. The molecule has 5 nitrogen and oxygen atoms in total. The first-order valence-corrected chi connectivity index (χ1v) is 9.81. The van der Waals surface area contributed by atoms with Gasteiger partial charge in [-0.05, 0) is 31.0 Å². The molecule has 0 unspecified atom stereocenters. The average molecular weight is 375 g/mol. The summed E-state index contributed by atoms with van der Waals surface area (Å²) in [5, 5.41) is 2.58. The molecule has 0 spiro atoms. The topological polar surface area (TPSA) is 80.3 Å². The summed E-state index contributed by atoms with van der Waals surface area (Å²) < 4.78 is 97.0. The number of anilines is 1. The van der Waals surface area contributed by atoms with Crippen molar-refractivity contribution in [2.24, 2.45) is 0 Å².